The molecular formula is C12H15BrN2O. The quantitative estimate of drug-likeness (QED) is 0.659. The zero-order valence-corrected chi connectivity index (χ0v) is 10.8. The van der Waals surface area contributed by atoms with Crippen LogP contribution in [0.25, 0.3) is 6.08 Å². The molecule has 3 N–H and O–H groups in total. The Kier molecular flexibility index (Phi) is 5.05. The highest BCUT2D eigenvalue weighted by molar-refractivity contribution is 9.10. The molecular weight excluding hydrogens is 268 g/mol. The average Bonchev–Trinajstić information content (AvgIpc) is 2.22. The van der Waals surface area contributed by atoms with E-state index in [1.54, 1.807) is 0 Å². The van der Waals surface area contributed by atoms with Gasteiger partial charge in [-0.2, -0.15) is 0 Å². The van der Waals surface area contributed by atoms with E-state index < -0.39 is 0 Å². The van der Waals surface area contributed by atoms with Crippen LogP contribution in [0.1, 0.15) is 18.9 Å². The molecule has 0 saturated heterocycles. The van der Waals surface area contributed by atoms with Crippen molar-refractivity contribution < 1.29 is 4.79 Å². The van der Waals surface area contributed by atoms with E-state index in [4.69, 9.17) is 5.73 Å². The molecule has 1 amide bonds. The molecule has 4 heteroatoms. The van der Waals surface area contributed by atoms with Crippen LogP contribution in [-0.2, 0) is 4.79 Å². The van der Waals surface area contributed by atoms with E-state index in [1.807, 2.05) is 30.4 Å². The minimum Gasteiger partial charge on any atom is -0.398 e. The molecule has 0 saturated carbocycles. The highest BCUT2D eigenvalue weighted by Gasteiger charge is 1.94. The molecule has 3 nitrogen and oxygen atoms in total. The van der Waals surface area contributed by atoms with Crippen molar-refractivity contribution in [3.63, 3.8) is 0 Å². The van der Waals surface area contributed by atoms with Gasteiger partial charge < -0.3 is 11.1 Å². The molecule has 0 aliphatic rings. The van der Waals surface area contributed by atoms with E-state index in [2.05, 4.69) is 21.2 Å². The first-order chi connectivity index (χ1) is 7.59. The van der Waals surface area contributed by atoms with Gasteiger partial charge in [0.25, 0.3) is 0 Å². The second-order valence-corrected chi connectivity index (χ2v) is 4.31. The molecule has 86 valence electrons. The molecule has 16 heavy (non-hydrogen) atoms. The fraction of sp³-hybridized carbons (Fsp3) is 0.250. The second-order valence-electron chi connectivity index (χ2n) is 3.45. The molecule has 0 bridgehead atoms. The first kappa shape index (κ1) is 12.8. The smallest absolute Gasteiger partial charge is 0.216 e. The topological polar surface area (TPSA) is 55.1 Å². The van der Waals surface area contributed by atoms with Gasteiger partial charge in [0, 0.05) is 23.6 Å². The maximum absolute atomic E-state index is 10.6. The van der Waals surface area contributed by atoms with Gasteiger partial charge in [0.1, 0.15) is 0 Å². The molecule has 0 fully saturated rings. The van der Waals surface area contributed by atoms with Crippen LogP contribution in [0.3, 0.4) is 0 Å². The summed E-state index contributed by atoms with van der Waals surface area (Å²) in [5.74, 6) is 0.00336. The monoisotopic (exact) mass is 282 g/mol. The molecule has 0 aliphatic carbocycles. The zero-order chi connectivity index (χ0) is 12.0. The average molecular weight is 283 g/mol. The molecule has 0 radical (unpaired) electrons. The van der Waals surface area contributed by atoms with E-state index in [9.17, 15) is 4.79 Å². The summed E-state index contributed by atoms with van der Waals surface area (Å²) in [5.41, 5.74) is 7.50. The third-order valence-electron chi connectivity index (χ3n) is 2.02. The number of hydrogen-bond donors (Lipinski definition) is 2. The SMILES string of the molecule is CC(=O)NCCC=Cc1ccc(N)c(Br)c1. The number of halogens is 1. The first-order valence-corrected chi connectivity index (χ1v) is 5.85. The second kappa shape index (κ2) is 6.33. The third-order valence-corrected chi connectivity index (χ3v) is 2.71. The number of benzene rings is 1. The Bertz CT molecular complexity index is 402. The number of carbonyl (C=O) groups excluding carboxylic acids is 1. The van der Waals surface area contributed by atoms with Crippen LogP contribution in [-0.4, -0.2) is 12.5 Å². The lowest BCUT2D eigenvalue weighted by Gasteiger charge is -2.00. The van der Waals surface area contributed by atoms with Crippen molar-refractivity contribution in [3.8, 4) is 0 Å². The standard InChI is InChI=1S/C12H15BrN2O/c1-9(16)15-7-3-2-4-10-5-6-12(14)11(13)8-10/h2,4-6,8H,3,7,14H2,1H3,(H,15,16). The molecule has 0 heterocycles. The Morgan fingerprint density at radius 3 is 2.94 bits per heavy atom. The molecule has 1 aromatic carbocycles. The van der Waals surface area contributed by atoms with Gasteiger partial charge in [-0.1, -0.05) is 18.2 Å². The Morgan fingerprint density at radius 2 is 2.31 bits per heavy atom. The number of carbonyl (C=O) groups is 1. The van der Waals surface area contributed by atoms with Gasteiger partial charge >= 0.3 is 0 Å². The van der Waals surface area contributed by atoms with Crippen molar-refractivity contribution in [2.24, 2.45) is 0 Å². The summed E-state index contributed by atoms with van der Waals surface area (Å²) >= 11 is 3.37. The number of nitrogen functional groups attached to an aromatic ring is 1. The summed E-state index contributed by atoms with van der Waals surface area (Å²) < 4.78 is 0.900. The van der Waals surface area contributed by atoms with Crippen molar-refractivity contribution in [1.82, 2.24) is 5.32 Å². The molecule has 1 rings (SSSR count). The number of hydrogen-bond acceptors (Lipinski definition) is 2. The van der Waals surface area contributed by atoms with Gasteiger partial charge in [-0.3, -0.25) is 4.79 Å². The number of amides is 1. The van der Waals surface area contributed by atoms with Crippen molar-refractivity contribution in [3.05, 3.63) is 34.3 Å². The predicted molar refractivity (Wildman–Crippen MR) is 70.9 cm³/mol. The van der Waals surface area contributed by atoms with Gasteiger partial charge in [0.15, 0.2) is 0 Å². The van der Waals surface area contributed by atoms with Crippen LogP contribution in [0.5, 0.6) is 0 Å². The first-order valence-electron chi connectivity index (χ1n) is 5.05. The lowest BCUT2D eigenvalue weighted by Crippen LogP contribution is -2.20. The Hall–Kier alpha value is -1.29. The van der Waals surface area contributed by atoms with Crippen LogP contribution in [0.2, 0.25) is 0 Å². The Morgan fingerprint density at radius 1 is 1.56 bits per heavy atom. The fourth-order valence-electron chi connectivity index (χ4n) is 1.20. The largest absolute Gasteiger partial charge is 0.398 e. The molecule has 0 unspecified atom stereocenters. The summed E-state index contributed by atoms with van der Waals surface area (Å²) in [6.07, 6.45) is 4.85. The molecule has 0 aromatic heterocycles. The highest BCUT2D eigenvalue weighted by Crippen LogP contribution is 2.20. The Labute approximate surface area is 104 Å². The van der Waals surface area contributed by atoms with E-state index >= 15 is 0 Å². The lowest BCUT2D eigenvalue weighted by molar-refractivity contribution is -0.118. The highest BCUT2D eigenvalue weighted by atomic mass is 79.9. The zero-order valence-electron chi connectivity index (χ0n) is 9.16. The lowest BCUT2D eigenvalue weighted by atomic mass is 10.2. The maximum atomic E-state index is 10.6. The number of nitrogens with two attached hydrogens (primary N) is 1. The summed E-state index contributed by atoms with van der Waals surface area (Å²) in [6, 6.07) is 5.77. The van der Waals surface area contributed by atoms with Crippen molar-refractivity contribution in [1.29, 1.82) is 0 Å². The summed E-state index contributed by atoms with van der Waals surface area (Å²) in [7, 11) is 0. The molecule has 0 aliphatic heterocycles. The number of anilines is 1. The fourth-order valence-corrected chi connectivity index (χ4v) is 1.59. The minimum absolute atomic E-state index is 0.00336. The summed E-state index contributed by atoms with van der Waals surface area (Å²) in [5, 5.41) is 2.73. The van der Waals surface area contributed by atoms with Gasteiger partial charge in [0.05, 0.1) is 0 Å². The van der Waals surface area contributed by atoms with Crippen LogP contribution in [0.15, 0.2) is 28.7 Å². The molecule has 0 atom stereocenters. The number of rotatable bonds is 4. The number of nitrogens with one attached hydrogen (secondary N) is 1. The van der Waals surface area contributed by atoms with Crippen molar-refractivity contribution in [2.75, 3.05) is 12.3 Å². The van der Waals surface area contributed by atoms with E-state index in [1.165, 1.54) is 6.92 Å². The maximum Gasteiger partial charge on any atom is 0.216 e. The normalized spacial score (nSPS) is 10.6. The minimum atomic E-state index is 0.00336. The van der Waals surface area contributed by atoms with E-state index in [-0.39, 0.29) is 5.91 Å². The third kappa shape index (κ3) is 4.49. The van der Waals surface area contributed by atoms with E-state index in [0.29, 0.717) is 6.54 Å². The molecule has 1 aromatic rings. The van der Waals surface area contributed by atoms with Crippen molar-refractivity contribution >= 4 is 33.6 Å². The summed E-state index contributed by atoms with van der Waals surface area (Å²) in [6.45, 7) is 2.18. The van der Waals surface area contributed by atoms with Crippen LogP contribution in [0, 0.1) is 0 Å². The molecule has 0 spiro atoms. The predicted octanol–water partition coefficient (Wildman–Crippen LogP) is 2.57. The van der Waals surface area contributed by atoms with Gasteiger partial charge in [0.2, 0.25) is 5.91 Å². The summed E-state index contributed by atoms with van der Waals surface area (Å²) in [4.78, 5) is 10.6. The van der Waals surface area contributed by atoms with Crippen molar-refractivity contribution in [2.45, 2.75) is 13.3 Å². The van der Waals surface area contributed by atoms with Crippen LogP contribution in [0.4, 0.5) is 5.69 Å². The van der Waals surface area contributed by atoms with E-state index in [0.717, 1.165) is 22.1 Å². The van der Waals surface area contributed by atoms with Crippen LogP contribution < -0.4 is 11.1 Å². The van der Waals surface area contributed by atoms with Gasteiger partial charge in [-0.15, -0.1) is 0 Å². The van der Waals surface area contributed by atoms with Gasteiger partial charge in [-0.25, -0.2) is 0 Å². The van der Waals surface area contributed by atoms with Crippen LogP contribution >= 0.6 is 15.9 Å². The van der Waals surface area contributed by atoms with Gasteiger partial charge in [-0.05, 0) is 40.0 Å². The Balaban J connectivity index is 2.44.